The van der Waals surface area contributed by atoms with Gasteiger partial charge in [-0.25, -0.2) is 4.79 Å². The molecule has 7 nitrogen and oxygen atoms in total. The fraction of sp³-hybridized carbons (Fsp3) is 0.333. The van der Waals surface area contributed by atoms with Crippen LogP contribution in [0.2, 0.25) is 4.34 Å². The highest BCUT2D eigenvalue weighted by Gasteiger charge is 2.24. The highest BCUT2D eigenvalue weighted by molar-refractivity contribution is 7.19. The summed E-state index contributed by atoms with van der Waals surface area (Å²) >= 11 is 7.22. The van der Waals surface area contributed by atoms with Crippen molar-refractivity contribution in [3.05, 3.63) is 38.7 Å². The zero-order chi connectivity index (χ0) is 17.3. The number of rotatable bonds is 2. The summed E-state index contributed by atoms with van der Waals surface area (Å²) in [5.74, 6) is -0.318. The number of hydrogen-bond donors (Lipinski definition) is 1. The molecule has 0 radical (unpaired) electrons. The van der Waals surface area contributed by atoms with Crippen LogP contribution in [0.3, 0.4) is 0 Å². The minimum absolute atomic E-state index is 0.00626. The van der Waals surface area contributed by atoms with Crippen LogP contribution in [-0.2, 0) is 4.79 Å². The Morgan fingerprint density at radius 2 is 1.88 bits per heavy atom. The van der Waals surface area contributed by atoms with E-state index in [0.717, 1.165) is 4.88 Å². The first-order valence-electron chi connectivity index (χ1n) is 7.36. The number of aromatic amines is 1. The fourth-order valence-corrected chi connectivity index (χ4v) is 3.56. The standard InChI is InChI=1S/C15H15ClN4O3S/c1-9(21)19-4-6-20(7-5-19)14(22)11-8-10(17-15(23)18-11)12-2-3-13(16)24-12/h2-3,8H,4-7H2,1H3,(H,17,18,23). The zero-order valence-corrected chi connectivity index (χ0v) is 14.5. The van der Waals surface area contributed by atoms with E-state index in [1.54, 1.807) is 28.0 Å². The monoisotopic (exact) mass is 366 g/mol. The quantitative estimate of drug-likeness (QED) is 0.871. The first kappa shape index (κ1) is 16.7. The molecule has 1 N–H and O–H groups in total. The van der Waals surface area contributed by atoms with Crippen LogP contribution < -0.4 is 5.69 Å². The topological polar surface area (TPSA) is 86.4 Å². The third-order valence-corrected chi connectivity index (χ3v) is 5.08. The van der Waals surface area contributed by atoms with Gasteiger partial charge >= 0.3 is 5.69 Å². The molecule has 0 aromatic carbocycles. The van der Waals surface area contributed by atoms with E-state index in [1.165, 1.54) is 18.3 Å². The maximum absolute atomic E-state index is 12.6. The lowest BCUT2D eigenvalue weighted by Gasteiger charge is -2.34. The molecule has 3 heterocycles. The van der Waals surface area contributed by atoms with Crippen LogP contribution in [0.15, 0.2) is 23.0 Å². The summed E-state index contributed by atoms with van der Waals surface area (Å²) in [4.78, 5) is 46.2. The summed E-state index contributed by atoms with van der Waals surface area (Å²) in [5.41, 5.74) is 0.0231. The smallest absolute Gasteiger partial charge is 0.339 e. The molecule has 0 atom stereocenters. The molecule has 0 saturated carbocycles. The van der Waals surface area contributed by atoms with Crippen molar-refractivity contribution in [2.24, 2.45) is 0 Å². The van der Waals surface area contributed by atoms with Crippen molar-refractivity contribution in [3.8, 4) is 10.6 Å². The zero-order valence-electron chi connectivity index (χ0n) is 12.9. The van der Waals surface area contributed by atoms with E-state index < -0.39 is 5.69 Å². The second kappa shape index (κ2) is 6.74. The van der Waals surface area contributed by atoms with Gasteiger partial charge in [0.15, 0.2) is 0 Å². The summed E-state index contributed by atoms with van der Waals surface area (Å²) in [5, 5.41) is 0. The summed E-state index contributed by atoms with van der Waals surface area (Å²) in [7, 11) is 0. The van der Waals surface area contributed by atoms with Crippen LogP contribution >= 0.6 is 22.9 Å². The molecule has 0 aliphatic carbocycles. The molecule has 9 heteroatoms. The molecule has 1 saturated heterocycles. The van der Waals surface area contributed by atoms with Gasteiger partial charge in [-0.05, 0) is 18.2 Å². The molecule has 1 fully saturated rings. The third-order valence-electron chi connectivity index (χ3n) is 3.81. The Balaban J connectivity index is 1.82. The van der Waals surface area contributed by atoms with E-state index >= 15 is 0 Å². The van der Waals surface area contributed by atoms with Crippen LogP contribution in [0.5, 0.6) is 0 Å². The number of nitrogens with zero attached hydrogens (tertiary/aromatic N) is 3. The SMILES string of the molecule is CC(=O)N1CCN(C(=O)c2cc(-c3ccc(Cl)s3)[nH]c(=O)n2)CC1. The lowest BCUT2D eigenvalue weighted by molar-refractivity contribution is -0.130. The molecule has 3 rings (SSSR count). The van der Waals surface area contributed by atoms with Crippen molar-refractivity contribution in [2.45, 2.75) is 6.92 Å². The molecule has 0 spiro atoms. The highest BCUT2D eigenvalue weighted by atomic mass is 35.5. The first-order chi connectivity index (χ1) is 11.4. The Morgan fingerprint density at radius 3 is 2.46 bits per heavy atom. The summed E-state index contributed by atoms with van der Waals surface area (Å²) in [6.07, 6.45) is 0. The van der Waals surface area contributed by atoms with Gasteiger partial charge in [-0.15, -0.1) is 11.3 Å². The second-order valence-electron chi connectivity index (χ2n) is 5.39. The van der Waals surface area contributed by atoms with E-state index in [-0.39, 0.29) is 17.5 Å². The van der Waals surface area contributed by atoms with Gasteiger partial charge in [0.05, 0.1) is 14.9 Å². The van der Waals surface area contributed by atoms with Crippen LogP contribution in [0.4, 0.5) is 0 Å². The number of thiophene rings is 1. The van der Waals surface area contributed by atoms with E-state index in [2.05, 4.69) is 9.97 Å². The molecule has 0 unspecified atom stereocenters. The molecule has 1 aliphatic rings. The molecule has 2 aromatic rings. The number of nitrogens with one attached hydrogen (secondary N) is 1. The summed E-state index contributed by atoms with van der Waals surface area (Å²) in [6, 6.07) is 5.06. The summed E-state index contributed by atoms with van der Waals surface area (Å²) in [6.45, 7) is 3.32. The fourth-order valence-electron chi connectivity index (χ4n) is 2.55. The molecule has 0 bridgehead atoms. The highest BCUT2D eigenvalue weighted by Crippen LogP contribution is 2.29. The van der Waals surface area contributed by atoms with Crippen molar-refractivity contribution >= 4 is 34.8 Å². The molecular weight excluding hydrogens is 352 g/mol. The van der Waals surface area contributed by atoms with Crippen LogP contribution in [0.1, 0.15) is 17.4 Å². The number of amides is 2. The predicted octanol–water partition coefficient (Wildman–Crippen LogP) is 1.46. The minimum Gasteiger partial charge on any atom is -0.339 e. The van der Waals surface area contributed by atoms with E-state index in [0.29, 0.717) is 36.2 Å². The van der Waals surface area contributed by atoms with Crippen molar-refractivity contribution in [2.75, 3.05) is 26.2 Å². The van der Waals surface area contributed by atoms with Gasteiger partial charge in [-0.3, -0.25) is 9.59 Å². The number of halogens is 1. The molecule has 2 amide bonds. The van der Waals surface area contributed by atoms with E-state index in [9.17, 15) is 14.4 Å². The van der Waals surface area contributed by atoms with E-state index in [1.807, 2.05) is 0 Å². The van der Waals surface area contributed by atoms with Crippen molar-refractivity contribution in [1.82, 2.24) is 19.8 Å². The lowest BCUT2D eigenvalue weighted by Crippen LogP contribution is -2.50. The summed E-state index contributed by atoms with van der Waals surface area (Å²) < 4.78 is 0.593. The Morgan fingerprint density at radius 1 is 1.21 bits per heavy atom. The number of carbonyl (C=O) groups is 2. The van der Waals surface area contributed by atoms with Gasteiger partial charge in [-0.1, -0.05) is 11.6 Å². The van der Waals surface area contributed by atoms with Crippen molar-refractivity contribution in [3.63, 3.8) is 0 Å². The van der Waals surface area contributed by atoms with E-state index in [4.69, 9.17) is 11.6 Å². The van der Waals surface area contributed by atoms with Gasteiger partial charge in [-0.2, -0.15) is 4.98 Å². The third kappa shape index (κ3) is 3.49. The Labute approximate surface area is 146 Å². The molecule has 126 valence electrons. The maximum atomic E-state index is 12.6. The molecule has 24 heavy (non-hydrogen) atoms. The number of piperazine rings is 1. The molecule has 2 aromatic heterocycles. The molecular formula is C15H15ClN4O3S. The van der Waals surface area contributed by atoms with Crippen LogP contribution in [0.25, 0.3) is 10.6 Å². The number of aromatic nitrogens is 2. The number of carbonyl (C=O) groups excluding carboxylic acids is 2. The average Bonchev–Trinajstić information content (AvgIpc) is 3.00. The predicted molar refractivity (Wildman–Crippen MR) is 91.3 cm³/mol. The lowest BCUT2D eigenvalue weighted by atomic mass is 10.2. The van der Waals surface area contributed by atoms with Gasteiger partial charge in [0.1, 0.15) is 5.69 Å². The number of H-pyrrole nitrogens is 1. The van der Waals surface area contributed by atoms with Gasteiger partial charge in [0.2, 0.25) is 5.91 Å². The largest absolute Gasteiger partial charge is 0.346 e. The minimum atomic E-state index is -0.581. The van der Waals surface area contributed by atoms with Gasteiger partial charge < -0.3 is 14.8 Å². The van der Waals surface area contributed by atoms with Gasteiger partial charge in [0, 0.05) is 33.1 Å². The normalized spacial score (nSPS) is 14.8. The Kier molecular flexibility index (Phi) is 4.68. The number of hydrogen-bond acceptors (Lipinski definition) is 5. The van der Waals surface area contributed by atoms with Gasteiger partial charge in [0.25, 0.3) is 5.91 Å². The van der Waals surface area contributed by atoms with Crippen molar-refractivity contribution in [1.29, 1.82) is 0 Å². The first-order valence-corrected chi connectivity index (χ1v) is 8.55. The second-order valence-corrected chi connectivity index (χ2v) is 7.10. The maximum Gasteiger partial charge on any atom is 0.346 e. The van der Waals surface area contributed by atoms with Crippen LogP contribution in [-0.4, -0.2) is 57.8 Å². The average molecular weight is 367 g/mol. The van der Waals surface area contributed by atoms with Crippen LogP contribution in [0, 0.1) is 0 Å². The van der Waals surface area contributed by atoms with Crippen molar-refractivity contribution < 1.29 is 9.59 Å². The Hall–Kier alpha value is -2.19. The Bertz CT molecular complexity index is 839. The molecule has 1 aliphatic heterocycles.